The first-order valence-corrected chi connectivity index (χ1v) is 6.92. The molecule has 5 heteroatoms. The van der Waals surface area contributed by atoms with Gasteiger partial charge in [-0.2, -0.15) is 0 Å². The highest BCUT2D eigenvalue weighted by Gasteiger charge is 2.16. The molecular weight excluding hydrogens is 258 g/mol. The van der Waals surface area contributed by atoms with Gasteiger partial charge in [-0.25, -0.2) is 0 Å². The van der Waals surface area contributed by atoms with Crippen LogP contribution in [0.3, 0.4) is 0 Å². The van der Waals surface area contributed by atoms with Crippen LogP contribution >= 0.6 is 0 Å². The van der Waals surface area contributed by atoms with Crippen LogP contribution in [0.4, 0.5) is 0 Å². The van der Waals surface area contributed by atoms with Gasteiger partial charge in [-0.1, -0.05) is 12.5 Å². The third-order valence-corrected chi connectivity index (χ3v) is 3.29. The summed E-state index contributed by atoms with van der Waals surface area (Å²) in [6.45, 7) is 1.02. The molecule has 20 heavy (non-hydrogen) atoms. The van der Waals surface area contributed by atoms with E-state index in [0.29, 0.717) is 30.9 Å². The number of unbranched alkanes of at least 4 members (excludes halogenated alkanes) is 2. The highest BCUT2D eigenvalue weighted by Crippen LogP contribution is 2.22. The van der Waals surface area contributed by atoms with Crippen molar-refractivity contribution < 1.29 is 19.4 Å². The first-order chi connectivity index (χ1) is 9.66. The maximum atomic E-state index is 11.9. The average molecular weight is 277 g/mol. The molecule has 0 radical (unpaired) electrons. The SMILES string of the molecule is O=C(O)CCCCCc1ccc2c(c1)C(=O)NCCO2. The molecule has 2 rings (SSSR count). The van der Waals surface area contributed by atoms with Crippen molar-refractivity contribution in [3.05, 3.63) is 29.3 Å². The summed E-state index contributed by atoms with van der Waals surface area (Å²) in [4.78, 5) is 22.3. The van der Waals surface area contributed by atoms with Crippen LogP contribution in [0, 0.1) is 0 Å². The fourth-order valence-corrected chi connectivity index (χ4v) is 2.24. The minimum Gasteiger partial charge on any atom is -0.491 e. The van der Waals surface area contributed by atoms with Crippen molar-refractivity contribution >= 4 is 11.9 Å². The third-order valence-electron chi connectivity index (χ3n) is 3.29. The summed E-state index contributed by atoms with van der Waals surface area (Å²) >= 11 is 0. The second-order valence-electron chi connectivity index (χ2n) is 4.89. The summed E-state index contributed by atoms with van der Waals surface area (Å²) in [6, 6.07) is 5.68. The number of nitrogens with one attached hydrogen (secondary N) is 1. The van der Waals surface area contributed by atoms with Gasteiger partial charge in [-0.3, -0.25) is 9.59 Å². The molecule has 0 unspecified atom stereocenters. The number of hydrogen-bond donors (Lipinski definition) is 2. The summed E-state index contributed by atoms with van der Waals surface area (Å²) in [7, 11) is 0. The van der Waals surface area contributed by atoms with Crippen molar-refractivity contribution in [1.82, 2.24) is 5.32 Å². The standard InChI is InChI=1S/C15H19NO4/c17-14(18)5-3-1-2-4-11-6-7-13-12(10-11)15(19)16-8-9-20-13/h6-7,10H,1-5,8-9H2,(H,16,19)(H,17,18). The molecular formula is C15H19NO4. The monoisotopic (exact) mass is 277 g/mol. The molecule has 1 amide bonds. The van der Waals surface area contributed by atoms with Gasteiger partial charge in [0.1, 0.15) is 12.4 Å². The van der Waals surface area contributed by atoms with Crippen molar-refractivity contribution in [2.75, 3.05) is 13.2 Å². The van der Waals surface area contributed by atoms with Gasteiger partial charge >= 0.3 is 5.97 Å². The average Bonchev–Trinajstić information content (AvgIpc) is 2.60. The summed E-state index contributed by atoms with van der Waals surface area (Å²) in [6.07, 6.45) is 3.57. The molecule has 5 nitrogen and oxygen atoms in total. The van der Waals surface area contributed by atoms with Gasteiger partial charge in [0.05, 0.1) is 12.1 Å². The molecule has 0 aromatic heterocycles. The van der Waals surface area contributed by atoms with Gasteiger partial charge < -0.3 is 15.2 Å². The highest BCUT2D eigenvalue weighted by molar-refractivity contribution is 5.97. The fraction of sp³-hybridized carbons (Fsp3) is 0.467. The fourth-order valence-electron chi connectivity index (χ4n) is 2.24. The first-order valence-electron chi connectivity index (χ1n) is 6.92. The van der Waals surface area contributed by atoms with Gasteiger partial charge in [0.15, 0.2) is 0 Å². The Bertz CT molecular complexity index is 499. The van der Waals surface area contributed by atoms with Gasteiger partial charge in [0.25, 0.3) is 5.91 Å². The minimum atomic E-state index is -0.746. The Labute approximate surface area is 117 Å². The summed E-state index contributed by atoms with van der Waals surface area (Å²) in [5.74, 6) is -0.205. The van der Waals surface area contributed by atoms with Crippen LogP contribution in [0.15, 0.2) is 18.2 Å². The second kappa shape index (κ2) is 6.93. The van der Waals surface area contributed by atoms with E-state index in [4.69, 9.17) is 9.84 Å². The van der Waals surface area contributed by atoms with E-state index >= 15 is 0 Å². The predicted molar refractivity (Wildman–Crippen MR) is 74.1 cm³/mol. The minimum absolute atomic E-state index is 0.0924. The van der Waals surface area contributed by atoms with Gasteiger partial charge in [0, 0.05) is 6.42 Å². The van der Waals surface area contributed by atoms with Crippen molar-refractivity contribution in [2.24, 2.45) is 0 Å². The van der Waals surface area contributed by atoms with E-state index in [1.807, 2.05) is 18.2 Å². The highest BCUT2D eigenvalue weighted by atomic mass is 16.5. The molecule has 108 valence electrons. The zero-order valence-corrected chi connectivity index (χ0v) is 11.4. The third kappa shape index (κ3) is 3.98. The Morgan fingerprint density at radius 3 is 2.95 bits per heavy atom. The first kappa shape index (κ1) is 14.4. The molecule has 0 fully saturated rings. The Morgan fingerprint density at radius 1 is 1.30 bits per heavy atom. The van der Waals surface area contributed by atoms with E-state index in [2.05, 4.69) is 5.32 Å². The number of hydrogen-bond acceptors (Lipinski definition) is 3. The summed E-state index contributed by atoms with van der Waals surface area (Å²) in [5.41, 5.74) is 1.67. The quantitative estimate of drug-likeness (QED) is 0.780. The summed E-state index contributed by atoms with van der Waals surface area (Å²) in [5, 5.41) is 11.3. The number of aryl methyl sites for hydroxylation is 1. The van der Waals surface area contributed by atoms with Crippen LogP contribution in [0.25, 0.3) is 0 Å². The smallest absolute Gasteiger partial charge is 0.303 e. The zero-order chi connectivity index (χ0) is 14.4. The molecule has 0 saturated carbocycles. The molecule has 0 spiro atoms. The number of carboxylic acids is 1. The van der Waals surface area contributed by atoms with Crippen LogP contribution in [0.5, 0.6) is 5.75 Å². The number of aliphatic carboxylic acids is 1. The van der Waals surface area contributed by atoms with Gasteiger partial charge in [0.2, 0.25) is 0 Å². The molecule has 1 aliphatic heterocycles. The number of amides is 1. The van der Waals surface area contributed by atoms with Crippen molar-refractivity contribution in [3.63, 3.8) is 0 Å². The van der Waals surface area contributed by atoms with Crippen molar-refractivity contribution in [3.8, 4) is 5.75 Å². The number of carbonyl (C=O) groups excluding carboxylic acids is 1. The lowest BCUT2D eigenvalue weighted by atomic mass is 10.0. The molecule has 1 aliphatic rings. The normalized spacial score (nSPS) is 13.9. The molecule has 0 aliphatic carbocycles. The molecule has 0 atom stereocenters. The molecule has 1 aromatic rings. The van der Waals surface area contributed by atoms with Crippen LogP contribution in [0.1, 0.15) is 41.6 Å². The van der Waals surface area contributed by atoms with Crippen molar-refractivity contribution in [1.29, 1.82) is 0 Å². The Hall–Kier alpha value is -2.04. The van der Waals surface area contributed by atoms with E-state index in [-0.39, 0.29) is 12.3 Å². The molecule has 1 aromatic carbocycles. The number of carboxylic acid groups (broad SMARTS) is 1. The van der Waals surface area contributed by atoms with Crippen molar-refractivity contribution in [2.45, 2.75) is 32.1 Å². The Kier molecular flexibility index (Phi) is 4.98. The van der Waals surface area contributed by atoms with E-state index in [0.717, 1.165) is 24.8 Å². The zero-order valence-electron chi connectivity index (χ0n) is 11.4. The Balaban J connectivity index is 1.90. The van der Waals surface area contributed by atoms with Crippen LogP contribution in [0.2, 0.25) is 0 Å². The number of carbonyl (C=O) groups is 2. The number of fused-ring (bicyclic) bond motifs is 1. The number of rotatable bonds is 6. The van der Waals surface area contributed by atoms with E-state index in [1.165, 1.54) is 0 Å². The largest absolute Gasteiger partial charge is 0.491 e. The predicted octanol–water partition coefficient (Wildman–Crippen LogP) is 2.00. The lowest BCUT2D eigenvalue weighted by Crippen LogP contribution is -2.24. The maximum absolute atomic E-state index is 11.9. The molecule has 0 saturated heterocycles. The van der Waals surface area contributed by atoms with Gasteiger partial charge in [-0.05, 0) is 37.0 Å². The molecule has 2 N–H and O–H groups in total. The summed E-state index contributed by atoms with van der Waals surface area (Å²) < 4.78 is 5.49. The van der Waals surface area contributed by atoms with Crippen LogP contribution in [-0.4, -0.2) is 30.1 Å². The lowest BCUT2D eigenvalue weighted by molar-refractivity contribution is -0.137. The maximum Gasteiger partial charge on any atom is 0.303 e. The van der Waals surface area contributed by atoms with E-state index in [9.17, 15) is 9.59 Å². The van der Waals surface area contributed by atoms with E-state index < -0.39 is 5.97 Å². The number of benzene rings is 1. The molecule has 0 bridgehead atoms. The van der Waals surface area contributed by atoms with E-state index in [1.54, 1.807) is 0 Å². The van der Waals surface area contributed by atoms with Crippen LogP contribution < -0.4 is 10.1 Å². The second-order valence-corrected chi connectivity index (χ2v) is 4.89. The van der Waals surface area contributed by atoms with Crippen LogP contribution in [-0.2, 0) is 11.2 Å². The topological polar surface area (TPSA) is 75.6 Å². The lowest BCUT2D eigenvalue weighted by Gasteiger charge is -2.08. The molecule has 1 heterocycles. The Morgan fingerprint density at radius 2 is 2.15 bits per heavy atom. The number of ether oxygens (including phenoxy) is 1. The van der Waals surface area contributed by atoms with Gasteiger partial charge in [-0.15, -0.1) is 0 Å².